The number of nitrogens with zero attached hydrogens (tertiary/aromatic N) is 2. The van der Waals surface area contributed by atoms with Gasteiger partial charge in [0.1, 0.15) is 29.9 Å². The molecule has 0 saturated carbocycles. The Balaban J connectivity index is 1.56. The van der Waals surface area contributed by atoms with Gasteiger partial charge in [-0.1, -0.05) is 84.4 Å². The molecule has 5 aromatic carbocycles. The fourth-order valence-corrected chi connectivity index (χ4v) is 6.74. The van der Waals surface area contributed by atoms with Gasteiger partial charge in [-0.05, 0) is 74.0 Å². The highest BCUT2D eigenvalue weighted by molar-refractivity contribution is 7.92. The monoisotopic (exact) mass is 679 g/mol. The van der Waals surface area contributed by atoms with E-state index >= 15 is 4.39 Å². The Hall–Kier alpha value is -5.48. The van der Waals surface area contributed by atoms with Gasteiger partial charge in [-0.25, -0.2) is 12.8 Å². The topological polar surface area (TPSA) is 96.0 Å². The average molecular weight is 680 g/mol. The number of ether oxygens (including phenoxy) is 1. The summed E-state index contributed by atoms with van der Waals surface area (Å²) in [4.78, 5) is 29.4. The average Bonchev–Trinajstić information content (AvgIpc) is 3.11. The van der Waals surface area contributed by atoms with E-state index in [-0.39, 0.29) is 29.1 Å². The van der Waals surface area contributed by atoms with Gasteiger partial charge in [0.2, 0.25) is 11.8 Å². The number of nitrogens with one attached hydrogen (secondary N) is 1. The van der Waals surface area contributed by atoms with Gasteiger partial charge in [0.05, 0.1) is 10.6 Å². The van der Waals surface area contributed by atoms with Crippen molar-refractivity contribution in [3.63, 3.8) is 0 Å². The first-order valence-corrected chi connectivity index (χ1v) is 17.4. The van der Waals surface area contributed by atoms with Crippen molar-refractivity contribution in [1.82, 2.24) is 10.2 Å². The van der Waals surface area contributed by atoms with Gasteiger partial charge in [-0.3, -0.25) is 13.9 Å². The highest BCUT2D eigenvalue weighted by Gasteiger charge is 2.35. The number of para-hydroxylation sites is 1. The summed E-state index contributed by atoms with van der Waals surface area (Å²) in [6.07, 6.45) is 0.128. The summed E-state index contributed by atoms with van der Waals surface area (Å²) in [7, 11) is -4.30. The van der Waals surface area contributed by atoms with E-state index in [0.29, 0.717) is 18.0 Å². The molecule has 0 fully saturated rings. The lowest BCUT2D eigenvalue weighted by Gasteiger charge is -2.34. The van der Waals surface area contributed by atoms with Crippen LogP contribution in [0.25, 0.3) is 0 Å². The van der Waals surface area contributed by atoms with Gasteiger partial charge in [0.25, 0.3) is 10.0 Å². The first kappa shape index (κ1) is 34.8. The van der Waals surface area contributed by atoms with Gasteiger partial charge in [0, 0.05) is 25.1 Å². The van der Waals surface area contributed by atoms with E-state index in [9.17, 15) is 18.0 Å². The number of benzene rings is 5. The molecule has 0 heterocycles. The van der Waals surface area contributed by atoms with Crippen LogP contribution in [0.2, 0.25) is 0 Å². The van der Waals surface area contributed by atoms with Crippen molar-refractivity contribution >= 4 is 27.5 Å². The third kappa shape index (κ3) is 8.91. The van der Waals surface area contributed by atoms with Crippen LogP contribution in [0.4, 0.5) is 10.1 Å². The van der Waals surface area contributed by atoms with Crippen LogP contribution in [0.15, 0.2) is 138 Å². The lowest BCUT2D eigenvalue weighted by molar-refractivity contribution is -0.140. The zero-order valence-electron chi connectivity index (χ0n) is 27.3. The normalized spacial score (nSPS) is 11.7. The number of anilines is 1. The zero-order chi connectivity index (χ0) is 34.8. The molecule has 252 valence electrons. The van der Waals surface area contributed by atoms with Crippen LogP contribution in [0.3, 0.4) is 0 Å². The lowest BCUT2D eigenvalue weighted by Crippen LogP contribution is -2.53. The first-order valence-electron chi connectivity index (χ1n) is 15.9. The number of likely N-dealkylation sites (N-methyl/N-ethyl adjacent to an activating group) is 1. The third-order valence-corrected chi connectivity index (χ3v) is 9.70. The van der Waals surface area contributed by atoms with Gasteiger partial charge >= 0.3 is 0 Å². The second kappa shape index (κ2) is 16.1. The predicted molar refractivity (Wildman–Crippen MR) is 188 cm³/mol. The maximum absolute atomic E-state index is 15.1. The number of rotatable bonds is 14. The van der Waals surface area contributed by atoms with Gasteiger partial charge in [0.15, 0.2) is 0 Å². The maximum Gasteiger partial charge on any atom is 0.264 e. The number of hydrogen-bond acceptors (Lipinski definition) is 5. The number of carbonyl (C=O) groups is 2. The number of amides is 2. The third-order valence-electron chi connectivity index (χ3n) is 7.91. The second-order valence-corrected chi connectivity index (χ2v) is 13.3. The fraction of sp³-hybridized carbons (Fsp3) is 0.179. The Bertz CT molecular complexity index is 1960. The molecule has 0 aromatic heterocycles. The van der Waals surface area contributed by atoms with Crippen molar-refractivity contribution in [2.75, 3.05) is 17.4 Å². The minimum atomic E-state index is -4.30. The molecule has 10 heteroatoms. The molecule has 1 unspecified atom stereocenters. The molecule has 0 bridgehead atoms. The zero-order valence-corrected chi connectivity index (χ0v) is 28.1. The molecule has 8 nitrogen and oxygen atoms in total. The molecular weight excluding hydrogens is 642 g/mol. The van der Waals surface area contributed by atoms with Crippen molar-refractivity contribution in [3.8, 4) is 11.5 Å². The van der Waals surface area contributed by atoms with E-state index < -0.39 is 40.2 Å². The fourth-order valence-electron chi connectivity index (χ4n) is 5.33. The van der Waals surface area contributed by atoms with Gasteiger partial charge in [-0.15, -0.1) is 0 Å². The SMILES string of the molecule is CCNC(=O)C(Cc1ccccc1)N(Cc1ccccc1F)C(=O)CN(c1ccc(Oc2ccccc2)cc1)S(=O)(=O)c1ccc(C)cc1. The number of aryl methyl sites for hydroxylation is 1. The second-order valence-electron chi connectivity index (χ2n) is 11.4. The van der Waals surface area contributed by atoms with Crippen LogP contribution in [0, 0.1) is 12.7 Å². The minimum absolute atomic E-state index is 0.0132. The number of hydrogen-bond donors (Lipinski definition) is 1. The summed E-state index contributed by atoms with van der Waals surface area (Å²) >= 11 is 0. The quantitative estimate of drug-likeness (QED) is 0.138. The largest absolute Gasteiger partial charge is 0.457 e. The van der Waals surface area contributed by atoms with E-state index in [1.165, 1.54) is 29.2 Å². The molecule has 5 rings (SSSR count). The number of halogens is 1. The molecule has 0 saturated heterocycles. The Labute approximate surface area is 286 Å². The first-order chi connectivity index (χ1) is 23.7. The molecule has 0 aliphatic rings. The van der Waals surface area contributed by atoms with Crippen molar-refractivity contribution in [2.24, 2.45) is 0 Å². The van der Waals surface area contributed by atoms with Crippen molar-refractivity contribution in [2.45, 2.75) is 37.8 Å². The Kier molecular flexibility index (Phi) is 11.4. The van der Waals surface area contributed by atoms with E-state index in [2.05, 4.69) is 5.32 Å². The minimum Gasteiger partial charge on any atom is -0.457 e. The van der Waals surface area contributed by atoms with E-state index in [1.807, 2.05) is 55.5 Å². The Morgan fingerprint density at radius 1 is 0.776 bits per heavy atom. The molecule has 0 spiro atoms. The number of carbonyl (C=O) groups excluding carboxylic acids is 2. The Morgan fingerprint density at radius 3 is 2.00 bits per heavy atom. The van der Waals surface area contributed by atoms with Crippen molar-refractivity contribution < 1.29 is 27.1 Å². The molecule has 0 aliphatic heterocycles. The summed E-state index contributed by atoms with van der Waals surface area (Å²) in [6, 6.07) is 35.9. The van der Waals surface area contributed by atoms with Gasteiger partial charge in [-0.2, -0.15) is 0 Å². The van der Waals surface area contributed by atoms with E-state index in [1.54, 1.807) is 67.6 Å². The smallest absolute Gasteiger partial charge is 0.264 e. The standard InChI is InChI=1S/C39H38FN3O5S/c1-3-41-39(45)37(26-30-12-6-4-7-13-30)42(27-31-14-10-11-17-36(31)40)38(44)28-43(49(46,47)35-24-18-29(2)19-25-35)32-20-22-34(23-21-32)48-33-15-8-5-9-16-33/h4-25,37H,3,26-28H2,1-2H3,(H,41,45). The number of sulfonamides is 1. The highest BCUT2D eigenvalue weighted by atomic mass is 32.2. The van der Waals surface area contributed by atoms with Crippen molar-refractivity contribution in [3.05, 3.63) is 156 Å². The molecule has 2 amide bonds. The summed E-state index contributed by atoms with van der Waals surface area (Å²) in [6.45, 7) is 2.99. The molecule has 5 aromatic rings. The highest BCUT2D eigenvalue weighted by Crippen LogP contribution is 2.29. The van der Waals surface area contributed by atoms with Crippen LogP contribution < -0.4 is 14.4 Å². The Morgan fingerprint density at radius 2 is 1.37 bits per heavy atom. The molecule has 1 atom stereocenters. The van der Waals surface area contributed by atoms with Crippen LogP contribution in [0.1, 0.15) is 23.6 Å². The molecular formula is C39H38FN3O5S. The summed E-state index contributed by atoms with van der Waals surface area (Å²) in [5, 5.41) is 2.80. The van der Waals surface area contributed by atoms with Crippen LogP contribution in [-0.2, 0) is 32.6 Å². The summed E-state index contributed by atoms with van der Waals surface area (Å²) in [5.41, 5.74) is 2.04. The maximum atomic E-state index is 15.1. The molecule has 0 radical (unpaired) electrons. The summed E-state index contributed by atoms with van der Waals surface area (Å²) < 4.78 is 50.5. The summed E-state index contributed by atoms with van der Waals surface area (Å²) in [5.74, 6) is -0.600. The molecule has 0 aliphatic carbocycles. The van der Waals surface area contributed by atoms with E-state index in [0.717, 1.165) is 15.4 Å². The van der Waals surface area contributed by atoms with Crippen LogP contribution >= 0.6 is 0 Å². The predicted octanol–water partition coefficient (Wildman–Crippen LogP) is 6.90. The lowest BCUT2D eigenvalue weighted by atomic mass is 10.0. The van der Waals surface area contributed by atoms with Crippen LogP contribution in [0.5, 0.6) is 11.5 Å². The molecule has 49 heavy (non-hydrogen) atoms. The van der Waals surface area contributed by atoms with Gasteiger partial charge < -0.3 is 15.0 Å². The van der Waals surface area contributed by atoms with Crippen LogP contribution in [-0.4, -0.2) is 44.3 Å². The molecule has 1 N–H and O–H groups in total. The van der Waals surface area contributed by atoms with E-state index in [4.69, 9.17) is 4.74 Å². The van der Waals surface area contributed by atoms with Crippen molar-refractivity contribution in [1.29, 1.82) is 0 Å².